The summed E-state index contributed by atoms with van der Waals surface area (Å²) in [7, 11) is 0. The van der Waals surface area contributed by atoms with E-state index in [-0.39, 0.29) is 5.91 Å². The van der Waals surface area contributed by atoms with Crippen LogP contribution in [0, 0.1) is 0 Å². The summed E-state index contributed by atoms with van der Waals surface area (Å²) in [5, 5.41) is 11.1. The number of hydrogen-bond acceptors (Lipinski definition) is 2. The lowest BCUT2D eigenvalue weighted by molar-refractivity contribution is -0.114. The minimum atomic E-state index is -0.620. The van der Waals surface area contributed by atoms with Crippen molar-refractivity contribution in [1.82, 2.24) is 5.06 Å². The molecule has 2 aromatic carbocycles. The Hall–Kier alpha value is -2.13. The van der Waals surface area contributed by atoms with E-state index in [0.29, 0.717) is 5.56 Å². The summed E-state index contributed by atoms with van der Waals surface area (Å²) in [4.78, 5) is 12.8. The lowest BCUT2D eigenvalue weighted by Crippen LogP contribution is -2.43. The summed E-state index contributed by atoms with van der Waals surface area (Å²) in [5.74, 6) is -0.315. The third kappa shape index (κ3) is 3.51. The number of hydroxylamine groups is 2. The van der Waals surface area contributed by atoms with E-state index in [1.165, 1.54) is 11.1 Å². The molecule has 4 bridgehead atoms. The molecule has 0 saturated heterocycles. The highest BCUT2D eigenvalue weighted by molar-refractivity contribution is 5.95. The molecule has 0 radical (unpaired) electrons. The fourth-order valence-electron chi connectivity index (χ4n) is 3.06. The van der Waals surface area contributed by atoms with Crippen LogP contribution in [-0.4, -0.2) is 21.7 Å². The van der Waals surface area contributed by atoms with Crippen molar-refractivity contribution < 1.29 is 10.0 Å². The molecule has 3 nitrogen and oxygen atoms in total. The number of carbonyl (C=O) groups excluding carboxylic acids is 1. The Bertz CT molecular complexity index is 741. The molecule has 4 aliphatic carbocycles. The lowest BCUT2D eigenvalue weighted by atomic mass is 9.92. The van der Waals surface area contributed by atoms with E-state index in [1.54, 1.807) is 0 Å². The molecule has 0 aromatic heterocycles. The highest BCUT2D eigenvalue weighted by atomic mass is 16.5. The van der Waals surface area contributed by atoms with Crippen molar-refractivity contribution >= 4 is 5.91 Å². The summed E-state index contributed by atoms with van der Waals surface area (Å²) in [6.07, 6.45) is 3.52. The van der Waals surface area contributed by atoms with Crippen molar-refractivity contribution in [2.24, 2.45) is 0 Å². The van der Waals surface area contributed by atoms with Gasteiger partial charge in [0.1, 0.15) is 0 Å². The van der Waals surface area contributed by atoms with Crippen LogP contribution in [-0.2, 0) is 25.7 Å². The zero-order valence-corrected chi connectivity index (χ0v) is 14.7. The second-order valence-electron chi connectivity index (χ2n) is 7.60. The molecule has 0 saturated carbocycles. The number of benzene rings is 2. The summed E-state index contributed by atoms with van der Waals surface area (Å²) >= 11 is 0. The molecule has 0 aliphatic heterocycles. The monoisotopic (exact) mass is 323 g/mol. The van der Waals surface area contributed by atoms with Gasteiger partial charge in [0, 0.05) is 5.56 Å². The van der Waals surface area contributed by atoms with E-state index in [1.807, 2.05) is 32.9 Å². The maximum Gasteiger partial charge on any atom is 0.278 e. The molecule has 1 N–H and O–H groups in total. The van der Waals surface area contributed by atoms with E-state index in [0.717, 1.165) is 41.9 Å². The Kier molecular flexibility index (Phi) is 4.46. The van der Waals surface area contributed by atoms with Crippen LogP contribution in [0.4, 0.5) is 0 Å². The van der Waals surface area contributed by atoms with Gasteiger partial charge in [-0.1, -0.05) is 36.4 Å². The van der Waals surface area contributed by atoms with E-state index in [2.05, 4.69) is 30.3 Å². The molecular formula is C21H25NO2. The lowest BCUT2D eigenvalue weighted by Gasteiger charge is -2.30. The van der Waals surface area contributed by atoms with Crippen LogP contribution in [0.25, 0.3) is 0 Å². The Morgan fingerprint density at radius 3 is 1.96 bits per heavy atom. The maximum atomic E-state index is 12.8. The molecular weight excluding hydrogens is 298 g/mol. The first-order chi connectivity index (χ1) is 11.3. The van der Waals surface area contributed by atoms with E-state index < -0.39 is 5.54 Å². The molecule has 126 valence electrons. The van der Waals surface area contributed by atoms with Crippen LogP contribution < -0.4 is 0 Å². The highest BCUT2D eigenvalue weighted by Gasteiger charge is 2.27. The normalized spacial score (nSPS) is 14.2. The highest BCUT2D eigenvalue weighted by Crippen LogP contribution is 2.22. The second kappa shape index (κ2) is 6.40. The van der Waals surface area contributed by atoms with Gasteiger partial charge >= 0.3 is 0 Å². The molecule has 0 spiro atoms. The molecule has 0 atom stereocenters. The molecule has 3 heteroatoms. The third-order valence-electron chi connectivity index (χ3n) is 4.64. The van der Waals surface area contributed by atoms with Gasteiger partial charge in [0.25, 0.3) is 5.91 Å². The van der Waals surface area contributed by atoms with Crippen molar-refractivity contribution in [3.63, 3.8) is 0 Å². The number of carbonyl (C=O) groups is 1. The van der Waals surface area contributed by atoms with Crippen LogP contribution >= 0.6 is 0 Å². The average molecular weight is 323 g/mol. The SMILES string of the molecule is CC(C)(C)N(O)C(=O)c1cc2ccc1CCc1ccc(cc1)CC2. The van der Waals surface area contributed by atoms with Crippen LogP contribution in [0.15, 0.2) is 42.5 Å². The number of rotatable bonds is 1. The largest absolute Gasteiger partial charge is 0.285 e. The Morgan fingerprint density at radius 2 is 1.38 bits per heavy atom. The molecule has 2 aromatic rings. The van der Waals surface area contributed by atoms with Gasteiger partial charge in [-0.05, 0) is 74.8 Å². The number of nitrogens with zero attached hydrogens (tertiary/aromatic N) is 1. The van der Waals surface area contributed by atoms with Gasteiger partial charge in [-0.3, -0.25) is 10.0 Å². The quantitative estimate of drug-likeness (QED) is 0.631. The van der Waals surface area contributed by atoms with Crippen LogP contribution in [0.2, 0.25) is 0 Å². The fourth-order valence-corrected chi connectivity index (χ4v) is 3.06. The first-order valence-electron chi connectivity index (χ1n) is 8.57. The van der Waals surface area contributed by atoms with E-state index in [9.17, 15) is 10.0 Å². The zero-order chi connectivity index (χ0) is 17.3. The maximum absolute atomic E-state index is 12.8. The first-order valence-corrected chi connectivity index (χ1v) is 8.57. The number of hydrogen-bond donors (Lipinski definition) is 1. The van der Waals surface area contributed by atoms with Crippen molar-refractivity contribution in [2.75, 3.05) is 0 Å². The standard InChI is InChI=1S/C21H25NO2/c1-21(2,3)22(24)20(23)19-14-17-9-8-15-4-6-16(7-5-15)10-12-18(19)13-11-17/h4-7,11,13-14,24H,8-10,12H2,1-3H3. The van der Waals surface area contributed by atoms with Gasteiger partial charge in [0.05, 0.1) is 5.54 Å². The average Bonchev–Trinajstić information content (AvgIpc) is 2.55. The summed E-state index contributed by atoms with van der Waals surface area (Å²) in [6.45, 7) is 5.48. The molecule has 0 fully saturated rings. The topological polar surface area (TPSA) is 40.5 Å². The summed E-state index contributed by atoms with van der Waals surface area (Å²) < 4.78 is 0. The van der Waals surface area contributed by atoms with Crippen molar-refractivity contribution in [2.45, 2.75) is 52.0 Å². The molecule has 0 unspecified atom stereocenters. The Labute approximate surface area is 143 Å². The van der Waals surface area contributed by atoms with Gasteiger partial charge in [-0.2, -0.15) is 0 Å². The predicted molar refractivity (Wildman–Crippen MR) is 95.4 cm³/mol. The van der Waals surface area contributed by atoms with Gasteiger partial charge in [0.15, 0.2) is 0 Å². The van der Waals surface area contributed by atoms with Crippen LogP contribution in [0.1, 0.15) is 53.4 Å². The molecule has 1 amide bonds. The number of amides is 1. The van der Waals surface area contributed by atoms with Gasteiger partial charge in [-0.25, -0.2) is 5.06 Å². The van der Waals surface area contributed by atoms with E-state index >= 15 is 0 Å². The van der Waals surface area contributed by atoms with Crippen LogP contribution in [0.5, 0.6) is 0 Å². The van der Waals surface area contributed by atoms with Crippen LogP contribution in [0.3, 0.4) is 0 Å². The smallest absolute Gasteiger partial charge is 0.278 e. The Morgan fingerprint density at radius 1 is 0.875 bits per heavy atom. The number of aryl methyl sites for hydroxylation is 4. The minimum Gasteiger partial charge on any atom is -0.285 e. The van der Waals surface area contributed by atoms with Crippen molar-refractivity contribution in [3.05, 3.63) is 70.3 Å². The van der Waals surface area contributed by atoms with Gasteiger partial charge in [0.2, 0.25) is 0 Å². The minimum absolute atomic E-state index is 0.315. The predicted octanol–water partition coefficient (Wildman–Crippen LogP) is 4.20. The first kappa shape index (κ1) is 16.7. The Balaban J connectivity index is 1.98. The summed E-state index contributed by atoms with van der Waals surface area (Å²) in [5.41, 5.74) is 4.73. The molecule has 0 heterocycles. The van der Waals surface area contributed by atoms with E-state index in [4.69, 9.17) is 0 Å². The van der Waals surface area contributed by atoms with Crippen molar-refractivity contribution in [3.8, 4) is 0 Å². The molecule has 6 rings (SSSR count). The van der Waals surface area contributed by atoms with Gasteiger partial charge in [-0.15, -0.1) is 0 Å². The van der Waals surface area contributed by atoms with Crippen molar-refractivity contribution in [1.29, 1.82) is 0 Å². The molecule has 4 aliphatic rings. The zero-order valence-electron chi connectivity index (χ0n) is 14.7. The third-order valence-corrected chi connectivity index (χ3v) is 4.64. The summed E-state index contributed by atoms with van der Waals surface area (Å²) in [6, 6.07) is 14.9. The fraction of sp³-hybridized carbons (Fsp3) is 0.381. The molecule has 24 heavy (non-hydrogen) atoms. The van der Waals surface area contributed by atoms with Gasteiger partial charge < -0.3 is 0 Å². The second-order valence-corrected chi connectivity index (χ2v) is 7.60.